The summed E-state index contributed by atoms with van der Waals surface area (Å²) in [5, 5.41) is 16.7. The van der Waals surface area contributed by atoms with Gasteiger partial charge in [0.05, 0.1) is 5.69 Å². The zero-order valence-corrected chi connectivity index (χ0v) is 14.8. The predicted octanol–water partition coefficient (Wildman–Crippen LogP) is 3.26. The average molecular weight is 400 g/mol. The third kappa shape index (κ3) is 3.61. The summed E-state index contributed by atoms with van der Waals surface area (Å²) in [4.78, 5) is 24.6. The molecule has 3 aromatic rings. The van der Waals surface area contributed by atoms with Crippen LogP contribution in [0.1, 0.15) is 16.1 Å². The van der Waals surface area contributed by atoms with Crippen molar-refractivity contribution in [2.24, 2.45) is 0 Å². The van der Waals surface area contributed by atoms with Crippen LogP contribution in [0.25, 0.3) is 5.69 Å². The minimum absolute atomic E-state index is 0.231. The number of carbonyl (C=O) groups is 1. The Labute approximate surface area is 151 Å². The summed E-state index contributed by atoms with van der Waals surface area (Å²) in [6.07, 6.45) is 0. The maximum atomic E-state index is 12.5. The molecule has 0 bridgehead atoms. The van der Waals surface area contributed by atoms with Crippen molar-refractivity contribution in [1.29, 1.82) is 0 Å². The highest BCUT2D eigenvalue weighted by atomic mass is 79.9. The summed E-state index contributed by atoms with van der Waals surface area (Å²) < 4.78 is 1.92. The van der Waals surface area contributed by atoms with Crippen molar-refractivity contribution in [3.63, 3.8) is 0 Å². The van der Waals surface area contributed by atoms with E-state index in [0.717, 1.165) is 20.8 Å². The first-order valence-electron chi connectivity index (χ1n) is 7.42. The van der Waals surface area contributed by atoms with Crippen molar-refractivity contribution in [2.45, 2.75) is 6.92 Å². The standard InChI is InChI=1S/C18H14BrN3O3/c1-11-4-2-3-5-14(11)20-18(25)17-15(23)10-16(24)22(21-17)13-8-6-12(19)7-9-13/h2-10,23H,1H3,(H,20,25). The summed E-state index contributed by atoms with van der Waals surface area (Å²) in [7, 11) is 0. The molecule has 0 saturated heterocycles. The Morgan fingerprint density at radius 3 is 2.52 bits per heavy atom. The van der Waals surface area contributed by atoms with Crippen LogP contribution in [-0.2, 0) is 0 Å². The van der Waals surface area contributed by atoms with E-state index in [1.54, 1.807) is 36.4 Å². The van der Waals surface area contributed by atoms with E-state index in [0.29, 0.717) is 11.4 Å². The zero-order valence-electron chi connectivity index (χ0n) is 13.2. The first-order chi connectivity index (χ1) is 12.0. The second kappa shape index (κ2) is 6.90. The number of amides is 1. The van der Waals surface area contributed by atoms with Gasteiger partial charge in [-0.2, -0.15) is 9.78 Å². The second-order valence-electron chi connectivity index (χ2n) is 5.37. The number of aryl methyl sites for hydroxylation is 1. The molecule has 126 valence electrons. The van der Waals surface area contributed by atoms with Gasteiger partial charge in [-0.1, -0.05) is 34.1 Å². The lowest BCUT2D eigenvalue weighted by atomic mass is 10.2. The van der Waals surface area contributed by atoms with Crippen LogP contribution in [0.5, 0.6) is 5.75 Å². The molecule has 0 radical (unpaired) electrons. The third-order valence-electron chi connectivity index (χ3n) is 3.59. The fourth-order valence-corrected chi connectivity index (χ4v) is 2.53. The number of benzene rings is 2. The smallest absolute Gasteiger partial charge is 0.279 e. The monoisotopic (exact) mass is 399 g/mol. The molecule has 0 spiro atoms. The highest BCUT2D eigenvalue weighted by Gasteiger charge is 2.17. The molecule has 1 aromatic heterocycles. The molecule has 0 aliphatic heterocycles. The topological polar surface area (TPSA) is 84.2 Å². The number of aromatic nitrogens is 2. The molecule has 7 heteroatoms. The van der Waals surface area contributed by atoms with Crippen LogP contribution in [0, 0.1) is 6.92 Å². The third-order valence-corrected chi connectivity index (χ3v) is 4.12. The molecule has 25 heavy (non-hydrogen) atoms. The van der Waals surface area contributed by atoms with Crippen LogP contribution >= 0.6 is 15.9 Å². The number of aromatic hydroxyl groups is 1. The van der Waals surface area contributed by atoms with Crippen molar-refractivity contribution >= 4 is 27.5 Å². The number of hydrogen-bond acceptors (Lipinski definition) is 4. The van der Waals surface area contributed by atoms with Crippen molar-refractivity contribution in [2.75, 3.05) is 5.32 Å². The highest BCUT2D eigenvalue weighted by Crippen LogP contribution is 2.18. The van der Waals surface area contributed by atoms with Gasteiger partial charge < -0.3 is 10.4 Å². The fraction of sp³-hybridized carbons (Fsp3) is 0.0556. The van der Waals surface area contributed by atoms with Crippen LogP contribution < -0.4 is 10.9 Å². The number of para-hydroxylation sites is 1. The van der Waals surface area contributed by atoms with Crippen LogP contribution in [-0.4, -0.2) is 20.8 Å². The fourth-order valence-electron chi connectivity index (χ4n) is 2.27. The first-order valence-corrected chi connectivity index (χ1v) is 8.21. The van der Waals surface area contributed by atoms with Gasteiger partial charge in [-0.3, -0.25) is 9.59 Å². The SMILES string of the molecule is Cc1ccccc1NC(=O)c1nn(-c2ccc(Br)cc2)c(=O)cc1O. The normalized spacial score (nSPS) is 10.5. The van der Waals surface area contributed by atoms with E-state index in [9.17, 15) is 14.7 Å². The second-order valence-corrected chi connectivity index (χ2v) is 6.29. The first kappa shape index (κ1) is 16.9. The van der Waals surface area contributed by atoms with E-state index in [-0.39, 0.29) is 5.69 Å². The summed E-state index contributed by atoms with van der Waals surface area (Å²) in [6, 6.07) is 15.1. The number of nitrogens with zero attached hydrogens (tertiary/aromatic N) is 2. The van der Waals surface area contributed by atoms with Gasteiger partial charge in [0.15, 0.2) is 11.4 Å². The number of hydrogen-bond donors (Lipinski definition) is 2. The molecule has 2 aromatic carbocycles. The molecule has 0 saturated carbocycles. The summed E-state index contributed by atoms with van der Waals surface area (Å²) in [5.41, 5.74) is 1.20. The maximum Gasteiger partial charge on any atom is 0.279 e. The lowest BCUT2D eigenvalue weighted by molar-refractivity contribution is 0.101. The van der Waals surface area contributed by atoms with Crippen LogP contribution in [0.15, 0.2) is 63.9 Å². The molecule has 0 aliphatic rings. The summed E-state index contributed by atoms with van der Waals surface area (Å²) in [6.45, 7) is 1.85. The number of carbonyl (C=O) groups excluding carboxylic acids is 1. The van der Waals surface area contributed by atoms with Gasteiger partial charge in [-0.15, -0.1) is 0 Å². The molecular weight excluding hydrogens is 386 g/mol. The molecule has 1 amide bonds. The number of nitrogens with one attached hydrogen (secondary N) is 1. The quantitative estimate of drug-likeness (QED) is 0.707. The van der Waals surface area contributed by atoms with Gasteiger partial charge in [0.1, 0.15) is 0 Å². The van der Waals surface area contributed by atoms with Crippen LogP contribution in [0.4, 0.5) is 5.69 Å². The molecule has 1 heterocycles. The lowest BCUT2D eigenvalue weighted by Crippen LogP contribution is -2.25. The van der Waals surface area contributed by atoms with Gasteiger partial charge >= 0.3 is 0 Å². The van der Waals surface area contributed by atoms with Gasteiger partial charge in [0, 0.05) is 16.2 Å². The zero-order chi connectivity index (χ0) is 18.0. The van der Waals surface area contributed by atoms with Gasteiger partial charge in [0.2, 0.25) is 0 Å². The molecule has 0 unspecified atom stereocenters. The van der Waals surface area contributed by atoms with E-state index < -0.39 is 17.2 Å². The average Bonchev–Trinajstić information content (AvgIpc) is 2.58. The molecule has 0 fully saturated rings. The largest absolute Gasteiger partial charge is 0.505 e. The minimum Gasteiger partial charge on any atom is -0.505 e. The number of rotatable bonds is 3. The Hall–Kier alpha value is -2.93. The Morgan fingerprint density at radius 2 is 1.84 bits per heavy atom. The Balaban J connectivity index is 2.00. The van der Waals surface area contributed by atoms with E-state index in [1.165, 1.54) is 0 Å². The maximum absolute atomic E-state index is 12.5. The Morgan fingerprint density at radius 1 is 1.16 bits per heavy atom. The van der Waals surface area contributed by atoms with Gasteiger partial charge in [0.25, 0.3) is 11.5 Å². The molecule has 2 N–H and O–H groups in total. The summed E-state index contributed by atoms with van der Waals surface area (Å²) >= 11 is 3.32. The van der Waals surface area contributed by atoms with Gasteiger partial charge in [-0.25, -0.2) is 0 Å². The number of halogens is 1. The van der Waals surface area contributed by atoms with Crippen molar-refractivity contribution < 1.29 is 9.90 Å². The van der Waals surface area contributed by atoms with Crippen molar-refractivity contribution in [3.05, 3.63) is 80.7 Å². The van der Waals surface area contributed by atoms with Crippen molar-refractivity contribution in [1.82, 2.24) is 9.78 Å². The van der Waals surface area contributed by atoms with E-state index in [1.807, 2.05) is 19.1 Å². The van der Waals surface area contributed by atoms with E-state index in [4.69, 9.17) is 0 Å². The van der Waals surface area contributed by atoms with Crippen LogP contribution in [0.3, 0.4) is 0 Å². The summed E-state index contributed by atoms with van der Waals surface area (Å²) in [5.74, 6) is -1.07. The Kier molecular flexibility index (Phi) is 4.67. The molecule has 0 atom stereocenters. The molecular formula is C18H14BrN3O3. The van der Waals surface area contributed by atoms with Gasteiger partial charge in [-0.05, 0) is 42.8 Å². The number of anilines is 1. The van der Waals surface area contributed by atoms with Crippen LogP contribution in [0.2, 0.25) is 0 Å². The molecule has 0 aliphatic carbocycles. The Bertz CT molecular complexity index is 997. The van der Waals surface area contributed by atoms with E-state index >= 15 is 0 Å². The lowest BCUT2D eigenvalue weighted by Gasteiger charge is -2.11. The molecule has 6 nitrogen and oxygen atoms in total. The highest BCUT2D eigenvalue weighted by molar-refractivity contribution is 9.10. The van der Waals surface area contributed by atoms with E-state index in [2.05, 4.69) is 26.3 Å². The van der Waals surface area contributed by atoms with Crippen molar-refractivity contribution in [3.8, 4) is 11.4 Å². The minimum atomic E-state index is -0.599. The molecule has 3 rings (SSSR count). The predicted molar refractivity (Wildman–Crippen MR) is 98.3 cm³/mol.